The number of hydrogen-bond acceptors (Lipinski definition) is 2. The second-order valence-electron chi connectivity index (χ2n) is 15.3. The minimum Gasteiger partial charge on any atom is -0.405 e. The van der Waals surface area contributed by atoms with Gasteiger partial charge in [0.25, 0.3) is 0 Å². The maximum absolute atomic E-state index is 15.4. The lowest BCUT2D eigenvalue weighted by Crippen LogP contribution is -2.81. The zero-order chi connectivity index (χ0) is 53.0. The number of rotatable bonds is 9. The van der Waals surface area contributed by atoms with Gasteiger partial charge in [-0.05, 0) is 30.5 Å². The number of fused-ring (bicyclic) bond motifs is 1. The topological polar surface area (TPSA) is 30.2 Å². The molecule has 72 heavy (non-hydrogen) atoms. The van der Waals surface area contributed by atoms with Crippen molar-refractivity contribution in [2.75, 3.05) is 0 Å². The first-order valence-corrected chi connectivity index (χ1v) is 19.9. The summed E-state index contributed by atoms with van der Waals surface area (Å²) >= 11 is 0. The molecule has 0 amide bonds. The molecule has 1 aromatic heterocycles. The van der Waals surface area contributed by atoms with Gasteiger partial charge in [-0.15, -0.1) is 21.9 Å². The molecule has 0 spiro atoms. The van der Waals surface area contributed by atoms with Crippen LogP contribution in [0.15, 0.2) is 91.1 Å². The van der Waals surface area contributed by atoms with Gasteiger partial charge in [0.15, 0.2) is 76.0 Å². The molecule has 0 radical (unpaired) electrons. The molecule has 0 N–H and O–H groups in total. The number of benzene rings is 7. The van der Waals surface area contributed by atoms with Crippen LogP contribution in [0.2, 0.25) is 0 Å². The number of hydrogen-bond donors (Lipinski definition) is 0. The molecule has 0 unspecified atom stereocenters. The predicted molar refractivity (Wildman–Crippen MR) is 215 cm³/mol. The fraction of sp³-hybridized carbons (Fsp3) is 0.0417. The molecule has 8 rings (SSSR count). The van der Waals surface area contributed by atoms with Gasteiger partial charge in [-0.2, -0.15) is 4.57 Å². The standard InChI is InChI=1S/C24BF20.C24H20NO2/c26-5-1(6(27)14(35)21(42)13(5)34)25(2-7(28)15(36)22(43)16(37)8(2)29,3-9(30)17(38)23(44)18(39)10(3)31)4-11(32)19(40)24(45)20(41)12(4)33;1-18-11-13-21(14-12-18)27-24-22-10-6-5-7-19(22)15-16-25(24)17-23(26)20-8-3-2-4-9-20/h;2-16H,17H2,1H3/q-1;+1. The Labute approximate surface area is 389 Å². The Morgan fingerprint density at radius 3 is 1.08 bits per heavy atom. The summed E-state index contributed by atoms with van der Waals surface area (Å²) in [6, 6.07) is 27.3. The third-order valence-corrected chi connectivity index (χ3v) is 11.2. The summed E-state index contributed by atoms with van der Waals surface area (Å²) in [5, 5.41) is 2.05. The third kappa shape index (κ3) is 8.40. The molecule has 0 aliphatic heterocycles. The fourth-order valence-corrected chi connectivity index (χ4v) is 7.93. The summed E-state index contributed by atoms with van der Waals surface area (Å²) in [5.41, 5.74) is -12.5. The summed E-state index contributed by atoms with van der Waals surface area (Å²) in [6.45, 7) is 2.26. The predicted octanol–water partition coefficient (Wildman–Crippen LogP) is 11.0. The molecule has 372 valence electrons. The Balaban J connectivity index is 0.000000238. The molecule has 8 aromatic rings. The Morgan fingerprint density at radius 2 is 0.722 bits per heavy atom. The lowest BCUT2D eigenvalue weighted by Gasteiger charge is -2.44. The highest BCUT2D eigenvalue weighted by Crippen LogP contribution is 2.32. The van der Waals surface area contributed by atoms with Crippen LogP contribution in [0.25, 0.3) is 10.8 Å². The van der Waals surface area contributed by atoms with Gasteiger partial charge in [-0.3, -0.25) is 4.79 Å². The maximum Gasteiger partial charge on any atom is 0.381 e. The minimum atomic E-state index is -7.22. The van der Waals surface area contributed by atoms with E-state index in [9.17, 15) is 57.5 Å². The Morgan fingerprint density at radius 1 is 0.403 bits per heavy atom. The van der Waals surface area contributed by atoms with Crippen molar-refractivity contribution in [3.63, 3.8) is 0 Å². The zero-order valence-electron chi connectivity index (χ0n) is 35.3. The van der Waals surface area contributed by atoms with E-state index in [2.05, 4.69) is 0 Å². The second kappa shape index (κ2) is 19.7. The van der Waals surface area contributed by atoms with Crippen LogP contribution in [0.4, 0.5) is 87.8 Å². The van der Waals surface area contributed by atoms with E-state index < -0.39 is 144 Å². The van der Waals surface area contributed by atoms with Gasteiger partial charge < -0.3 is 4.74 Å². The van der Waals surface area contributed by atoms with Gasteiger partial charge in [0.2, 0.25) is 12.3 Å². The van der Waals surface area contributed by atoms with Crippen LogP contribution in [0.5, 0.6) is 11.6 Å². The van der Waals surface area contributed by atoms with Crippen LogP contribution in [0, 0.1) is 123 Å². The van der Waals surface area contributed by atoms with E-state index in [0.717, 1.165) is 16.5 Å². The fourth-order valence-electron chi connectivity index (χ4n) is 7.93. The molecule has 24 heteroatoms. The van der Waals surface area contributed by atoms with Crippen LogP contribution < -0.4 is 31.2 Å². The smallest absolute Gasteiger partial charge is 0.381 e. The maximum atomic E-state index is 15.4. The van der Waals surface area contributed by atoms with Crippen molar-refractivity contribution in [1.29, 1.82) is 0 Å². The molecule has 0 aliphatic rings. The zero-order valence-corrected chi connectivity index (χ0v) is 35.3. The van der Waals surface area contributed by atoms with Crippen molar-refractivity contribution in [2.24, 2.45) is 0 Å². The molecule has 1 heterocycles. The summed E-state index contributed by atoms with van der Waals surface area (Å²) in [6.07, 6.45) is -5.31. The van der Waals surface area contributed by atoms with Crippen molar-refractivity contribution in [3.8, 4) is 11.6 Å². The first kappa shape index (κ1) is 51.9. The molecular formula is C48H20BF20NO2. The van der Waals surface area contributed by atoms with Crippen molar-refractivity contribution >= 4 is 44.6 Å². The van der Waals surface area contributed by atoms with Crippen molar-refractivity contribution in [2.45, 2.75) is 13.5 Å². The van der Waals surface area contributed by atoms with Gasteiger partial charge >= 0.3 is 5.88 Å². The normalized spacial score (nSPS) is 11.5. The van der Waals surface area contributed by atoms with E-state index >= 15 is 35.1 Å². The number of aryl methyl sites for hydroxylation is 1. The van der Waals surface area contributed by atoms with E-state index in [0.29, 0.717) is 11.4 Å². The van der Waals surface area contributed by atoms with Crippen molar-refractivity contribution in [1.82, 2.24) is 0 Å². The molecule has 0 atom stereocenters. The summed E-state index contributed by atoms with van der Waals surface area (Å²) in [5.74, 6) is -69.9. The average molecular weight is 1030 g/mol. The average Bonchev–Trinajstić information content (AvgIpc) is 3.37. The number of nitrogens with zero attached hydrogens (tertiary/aromatic N) is 1. The van der Waals surface area contributed by atoms with Gasteiger partial charge in [0.05, 0.1) is 5.39 Å². The molecule has 7 aromatic carbocycles. The van der Waals surface area contributed by atoms with Gasteiger partial charge in [-0.25, -0.2) is 87.8 Å². The van der Waals surface area contributed by atoms with Crippen LogP contribution in [0.3, 0.4) is 0 Å². The number of Topliss-reactive ketones (excluding diaryl/α,β-unsaturated/α-hetero) is 1. The molecule has 0 fully saturated rings. The largest absolute Gasteiger partial charge is 0.405 e. The molecule has 0 saturated carbocycles. The highest BCUT2D eigenvalue weighted by molar-refractivity contribution is 7.20. The van der Waals surface area contributed by atoms with Gasteiger partial charge in [0, 0.05) is 11.6 Å². The number of ketones is 1. The molecule has 3 nitrogen and oxygen atoms in total. The van der Waals surface area contributed by atoms with E-state index in [4.69, 9.17) is 4.74 Å². The Bertz CT molecular complexity index is 3120. The second-order valence-corrected chi connectivity index (χ2v) is 15.3. The van der Waals surface area contributed by atoms with Crippen LogP contribution >= 0.6 is 0 Å². The van der Waals surface area contributed by atoms with E-state index in [1.165, 1.54) is 5.56 Å². The highest BCUT2D eigenvalue weighted by Gasteiger charge is 2.52. The molecular weight excluding hydrogens is 1010 g/mol. The van der Waals surface area contributed by atoms with Crippen LogP contribution in [-0.4, -0.2) is 11.9 Å². The molecule has 0 aliphatic carbocycles. The van der Waals surface area contributed by atoms with Crippen LogP contribution in [-0.2, 0) is 6.54 Å². The summed E-state index contributed by atoms with van der Waals surface area (Å²) < 4.78 is 302. The molecule has 0 saturated heterocycles. The highest BCUT2D eigenvalue weighted by atomic mass is 19.2. The van der Waals surface area contributed by atoms with E-state index in [1.807, 2.05) is 103 Å². The van der Waals surface area contributed by atoms with Gasteiger partial charge in [0.1, 0.15) is 58.4 Å². The number of halogens is 20. The number of carbonyl (C=O) groups is 1. The Kier molecular flexibility index (Phi) is 14.2. The van der Waals surface area contributed by atoms with Crippen LogP contribution in [0.1, 0.15) is 15.9 Å². The lowest BCUT2D eigenvalue weighted by atomic mass is 9.12. The lowest BCUT2D eigenvalue weighted by molar-refractivity contribution is -0.685. The van der Waals surface area contributed by atoms with Gasteiger partial charge in [-0.1, -0.05) is 66.2 Å². The number of ether oxygens (including phenoxy) is 1. The van der Waals surface area contributed by atoms with Crippen molar-refractivity contribution in [3.05, 3.63) is 219 Å². The van der Waals surface area contributed by atoms with E-state index in [1.54, 1.807) is 0 Å². The summed E-state index contributed by atoms with van der Waals surface area (Å²) in [7, 11) is 0. The monoisotopic (exact) mass is 1030 g/mol. The van der Waals surface area contributed by atoms with Crippen molar-refractivity contribution < 1.29 is 102 Å². The Hall–Kier alpha value is -7.92. The quantitative estimate of drug-likeness (QED) is 0.0360. The number of aromatic nitrogens is 1. The molecule has 0 bridgehead atoms. The first-order chi connectivity index (χ1) is 33.9. The number of carbonyl (C=O) groups excluding carboxylic acids is 1. The first-order valence-electron chi connectivity index (χ1n) is 19.9. The minimum absolute atomic E-state index is 0.0460. The summed E-state index contributed by atoms with van der Waals surface area (Å²) in [4.78, 5) is 12.7. The number of pyridine rings is 1. The third-order valence-electron chi connectivity index (χ3n) is 11.2. The van der Waals surface area contributed by atoms with E-state index in [-0.39, 0.29) is 12.3 Å². The SMILES string of the molecule is Cc1ccc(Oc2c3ccccc3cc[n+]2CC(=O)c2ccccc2)cc1.Fc1c(F)c(F)c([B-](c2c(F)c(F)c(F)c(F)c2F)(c2c(F)c(F)c(F)c(F)c2F)c2c(F)c(F)c(F)c(F)c2F)c(F)c1F.